The highest BCUT2D eigenvalue weighted by atomic mass is 16.5. The Morgan fingerprint density at radius 2 is 1.71 bits per heavy atom. The summed E-state index contributed by atoms with van der Waals surface area (Å²) < 4.78 is 5.48. The first kappa shape index (κ1) is 17.3. The monoisotopic (exact) mass is 324 g/mol. The van der Waals surface area contributed by atoms with Crippen LogP contribution in [0.5, 0.6) is 5.75 Å². The molecule has 2 aromatic carbocycles. The summed E-state index contributed by atoms with van der Waals surface area (Å²) in [6.07, 6.45) is 1.59. The van der Waals surface area contributed by atoms with Crippen molar-refractivity contribution in [3.05, 3.63) is 72.3 Å². The van der Waals surface area contributed by atoms with Gasteiger partial charge in [0.05, 0.1) is 23.4 Å². The summed E-state index contributed by atoms with van der Waals surface area (Å²) in [4.78, 5) is 24.7. The molecule has 0 heterocycles. The Morgan fingerprint density at radius 3 is 2.42 bits per heavy atom. The van der Waals surface area contributed by atoms with Crippen LogP contribution in [0.15, 0.2) is 61.2 Å². The third kappa shape index (κ3) is 4.23. The van der Waals surface area contributed by atoms with Crippen LogP contribution in [0, 0.1) is 0 Å². The second-order valence-electron chi connectivity index (χ2n) is 4.93. The van der Waals surface area contributed by atoms with Gasteiger partial charge < -0.3 is 15.4 Å². The lowest BCUT2D eigenvalue weighted by Crippen LogP contribution is -2.25. The topological polar surface area (TPSA) is 67.4 Å². The number of ether oxygens (including phenoxy) is 1. The van der Waals surface area contributed by atoms with Gasteiger partial charge >= 0.3 is 0 Å². The minimum Gasteiger partial charge on any atom is -0.493 e. The van der Waals surface area contributed by atoms with Crippen molar-refractivity contribution in [1.29, 1.82) is 0 Å². The van der Waals surface area contributed by atoms with Crippen molar-refractivity contribution in [2.45, 2.75) is 6.92 Å². The van der Waals surface area contributed by atoms with Crippen LogP contribution < -0.4 is 15.4 Å². The second-order valence-corrected chi connectivity index (χ2v) is 4.93. The van der Waals surface area contributed by atoms with Gasteiger partial charge in [0, 0.05) is 6.54 Å². The molecule has 0 unspecified atom stereocenters. The van der Waals surface area contributed by atoms with Crippen LogP contribution in [0.3, 0.4) is 0 Å². The van der Waals surface area contributed by atoms with E-state index < -0.39 is 0 Å². The first-order chi connectivity index (χ1) is 11.7. The molecule has 0 radical (unpaired) electrons. The molecular formula is C19H20N2O3. The summed E-state index contributed by atoms with van der Waals surface area (Å²) in [5.41, 5.74) is 1.25. The van der Waals surface area contributed by atoms with E-state index in [9.17, 15) is 9.59 Å². The lowest BCUT2D eigenvalue weighted by Gasteiger charge is -2.13. The molecule has 0 bridgehead atoms. The Kier molecular flexibility index (Phi) is 6.14. The predicted molar refractivity (Wildman–Crippen MR) is 94.5 cm³/mol. The summed E-state index contributed by atoms with van der Waals surface area (Å²) in [5.74, 6) is -0.0991. The highest BCUT2D eigenvalue weighted by Crippen LogP contribution is 2.21. The second kappa shape index (κ2) is 8.53. The number of anilines is 1. The van der Waals surface area contributed by atoms with E-state index in [1.54, 1.807) is 54.6 Å². The summed E-state index contributed by atoms with van der Waals surface area (Å²) in [5, 5.41) is 5.48. The van der Waals surface area contributed by atoms with Gasteiger partial charge in [-0.05, 0) is 31.2 Å². The molecule has 24 heavy (non-hydrogen) atoms. The molecule has 0 spiro atoms. The average Bonchev–Trinajstić information content (AvgIpc) is 2.61. The van der Waals surface area contributed by atoms with E-state index in [2.05, 4.69) is 17.2 Å². The molecule has 0 fully saturated rings. The van der Waals surface area contributed by atoms with Gasteiger partial charge in [-0.1, -0.05) is 30.3 Å². The number of hydrogen-bond acceptors (Lipinski definition) is 3. The molecule has 0 atom stereocenters. The first-order valence-corrected chi connectivity index (χ1v) is 7.68. The standard InChI is InChI=1S/C19H20N2O3/c1-3-13-20-18(22)14-9-5-7-11-16(14)21-19(23)15-10-6-8-12-17(15)24-4-2/h3,5-12H,1,4,13H2,2H3,(H,20,22)(H,21,23). The van der Waals surface area contributed by atoms with E-state index in [0.717, 1.165) is 0 Å². The van der Waals surface area contributed by atoms with Crippen LogP contribution >= 0.6 is 0 Å². The van der Waals surface area contributed by atoms with Crippen molar-refractivity contribution in [3.63, 3.8) is 0 Å². The largest absolute Gasteiger partial charge is 0.493 e. The van der Waals surface area contributed by atoms with Crippen molar-refractivity contribution >= 4 is 17.5 Å². The molecule has 0 aromatic heterocycles. The predicted octanol–water partition coefficient (Wildman–Crippen LogP) is 3.25. The molecule has 5 nitrogen and oxygen atoms in total. The maximum atomic E-state index is 12.6. The van der Waals surface area contributed by atoms with Gasteiger partial charge in [-0.2, -0.15) is 0 Å². The van der Waals surface area contributed by atoms with Crippen molar-refractivity contribution in [2.75, 3.05) is 18.5 Å². The molecule has 2 rings (SSSR count). The van der Waals surface area contributed by atoms with E-state index in [4.69, 9.17) is 4.74 Å². The summed E-state index contributed by atoms with van der Waals surface area (Å²) >= 11 is 0. The number of hydrogen-bond donors (Lipinski definition) is 2. The van der Waals surface area contributed by atoms with Gasteiger partial charge in [0.15, 0.2) is 0 Å². The van der Waals surface area contributed by atoms with Gasteiger partial charge in [0.25, 0.3) is 11.8 Å². The zero-order valence-electron chi connectivity index (χ0n) is 13.5. The Hall–Kier alpha value is -3.08. The van der Waals surface area contributed by atoms with Crippen molar-refractivity contribution < 1.29 is 14.3 Å². The minimum absolute atomic E-state index is 0.274. The van der Waals surface area contributed by atoms with Crippen LogP contribution in [0.2, 0.25) is 0 Å². The Morgan fingerprint density at radius 1 is 1.04 bits per heavy atom. The number of nitrogens with one attached hydrogen (secondary N) is 2. The van der Waals surface area contributed by atoms with Crippen LogP contribution in [0.1, 0.15) is 27.6 Å². The normalized spacial score (nSPS) is 9.88. The van der Waals surface area contributed by atoms with Gasteiger partial charge in [0.2, 0.25) is 0 Å². The number of carbonyl (C=O) groups is 2. The zero-order valence-corrected chi connectivity index (χ0v) is 13.5. The number of amides is 2. The smallest absolute Gasteiger partial charge is 0.259 e. The van der Waals surface area contributed by atoms with Gasteiger partial charge in [-0.25, -0.2) is 0 Å². The van der Waals surface area contributed by atoms with Gasteiger partial charge in [-0.3, -0.25) is 9.59 Å². The van der Waals surface area contributed by atoms with Crippen LogP contribution in [-0.2, 0) is 0 Å². The average molecular weight is 324 g/mol. The van der Waals surface area contributed by atoms with E-state index >= 15 is 0 Å². The van der Waals surface area contributed by atoms with E-state index in [0.29, 0.717) is 35.7 Å². The molecule has 5 heteroatoms. The molecule has 0 aliphatic rings. The molecule has 0 aliphatic carbocycles. The number of para-hydroxylation sites is 2. The molecular weight excluding hydrogens is 304 g/mol. The first-order valence-electron chi connectivity index (χ1n) is 7.68. The van der Waals surface area contributed by atoms with Gasteiger partial charge in [-0.15, -0.1) is 6.58 Å². The van der Waals surface area contributed by atoms with Crippen molar-refractivity contribution in [3.8, 4) is 5.75 Å². The fourth-order valence-corrected chi connectivity index (χ4v) is 2.18. The lowest BCUT2D eigenvalue weighted by molar-refractivity contribution is 0.0959. The molecule has 0 aliphatic heterocycles. The highest BCUT2D eigenvalue weighted by Gasteiger charge is 2.16. The molecule has 2 amide bonds. The molecule has 2 N–H and O–H groups in total. The molecule has 2 aromatic rings. The fraction of sp³-hybridized carbons (Fsp3) is 0.158. The molecule has 0 saturated carbocycles. The van der Waals surface area contributed by atoms with Crippen molar-refractivity contribution in [2.24, 2.45) is 0 Å². The Bertz CT molecular complexity index is 741. The van der Waals surface area contributed by atoms with E-state index in [1.165, 1.54) is 0 Å². The van der Waals surface area contributed by atoms with E-state index in [-0.39, 0.29) is 11.8 Å². The minimum atomic E-state index is -0.331. The maximum Gasteiger partial charge on any atom is 0.259 e. The quantitative estimate of drug-likeness (QED) is 0.768. The van der Waals surface area contributed by atoms with Crippen LogP contribution in [-0.4, -0.2) is 25.0 Å². The summed E-state index contributed by atoms with van der Waals surface area (Å²) in [6.45, 7) is 6.24. The van der Waals surface area contributed by atoms with E-state index in [1.807, 2.05) is 6.92 Å². The number of rotatable bonds is 7. The van der Waals surface area contributed by atoms with Crippen LogP contribution in [0.4, 0.5) is 5.69 Å². The zero-order chi connectivity index (χ0) is 17.4. The van der Waals surface area contributed by atoms with Gasteiger partial charge in [0.1, 0.15) is 5.75 Å². The third-order valence-electron chi connectivity index (χ3n) is 3.26. The Labute approximate surface area is 141 Å². The summed E-state index contributed by atoms with van der Waals surface area (Å²) in [6, 6.07) is 13.8. The maximum absolute atomic E-state index is 12.6. The van der Waals surface area contributed by atoms with Crippen LogP contribution in [0.25, 0.3) is 0 Å². The SMILES string of the molecule is C=CCNC(=O)c1ccccc1NC(=O)c1ccccc1OCC. The highest BCUT2D eigenvalue weighted by molar-refractivity contribution is 6.10. The number of carbonyl (C=O) groups excluding carboxylic acids is 2. The molecule has 0 saturated heterocycles. The molecule has 124 valence electrons. The third-order valence-corrected chi connectivity index (χ3v) is 3.26. The lowest BCUT2D eigenvalue weighted by atomic mass is 10.1. The van der Waals surface area contributed by atoms with Crippen molar-refractivity contribution in [1.82, 2.24) is 5.32 Å². The number of benzene rings is 2. The summed E-state index contributed by atoms with van der Waals surface area (Å²) in [7, 11) is 0. The Balaban J connectivity index is 2.24. The fourth-order valence-electron chi connectivity index (χ4n) is 2.18.